The zero-order valence-electron chi connectivity index (χ0n) is 12.7. The lowest BCUT2D eigenvalue weighted by Gasteiger charge is -2.09. The van der Waals surface area contributed by atoms with Gasteiger partial charge in [0, 0.05) is 11.3 Å². The number of nitrogens with one attached hydrogen (secondary N) is 1. The molecule has 5 heteroatoms. The maximum absolute atomic E-state index is 12.4. The number of carbonyl (C=O) groups excluding carboxylic acids is 1. The maximum atomic E-state index is 12.4. The summed E-state index contributed by atoms with van der Waals surface area (Å²) in [5.74, 6) is 0.812. The lowest BCUT2D eigenvalue weighted by Crippen LogP contribution is -2.13. The van der Waals surface area contributed by atoms with Crippen molar-refractivity contribution >= 4 is 22.7 Å². The molecular formula is C18H16N2O3. The highest BCUT2D eigenvalue weighted by atomic mass is 16.5. The number of aryl methyl sites for hydroxylation is 1. The molecule has 0 aliphatic rings. The molecule has 1 N–H and O–H groups in total. The molecular weight excluding hydrogens is 292 g/mol. The van der Waals surface area contributed by atoms with Gasteiger partial charge in [-0.15, -0.1) is 0 Å². The Bertz CT molecular complexity index is 868. The number of aromatic nitrogens is 1. The molecule has 0 radical (unpaired) electrons. The van der Waals surface area contributed by atoms with Crippen LogP contribution in [0.3, 0.4) is 0 Å². The van der Waals surface area contributed by atoms with Crippen LogP contribution in [0, 0.1) is 6.92 Å². The molecule has 3 aromatic rings. The molecule has 0 fully saturated rings. The van der Waals surface area contributed by atoms with Crippen LogP contribution in [0.25, 0.3) is 11.0 Å². The Morgan fingerprint density at radius 2 is 2.26 bits per heavy atom. The molecule has 1 amide bonds. The van der Waals surface area contributed by atoms with Crippen LogP contribution in [0.1, 0.15) is 16.1 Å². The van der Waals surface area contributed by atoms with E-state index in [2.05, 4.69) is 16.9 Å². The first-order valence-electron chi connectivity index (χ1n) is 7.17. The number of pyridine rings is 1. The number of carbonyl (C=O) groups is 1. The first kappa shape index (κ1) is 14.8. The number of fused-ring (bicyclic) bond motifs is 1. The van der Waals surface area contributed by atoms with E-state index < -0.39 is 0 Å². The summed E-state index contributed by atoms with van der Waals surface area (Å²) in [6.45, 7) is 5.85. The SMILES string of the molecule is C=CCOc1cc(C(=O)Nc2cccc(C)n2)cc2occc12. The van der Waals surface area contributed by atoms with Crippen LogP contribution in [0.4, 0.5) is 5.82 Å². The van der Waals surface area contributed by atoms with Crippen LogP contribution >= 0.6 is 0 Å². The van der Waals surface area contributed by atoms with E-state index in [1.54, 1.807) is 36.6 Å². The third kappa shape index (κ3) is 3.23. The van der Waals surface area contributed by atoms with Gasteiger partial charge in [-0.2, -0.15) is 0 Å². The summed E-state index contributed by atoms with van der Waals surface area (Å²) in [4.78, 5) is 16.7. The summed E-state index contributed by atoms with van der Waals surface area (Å²) in [6.07, 6.45) is 3.21. The molecule has 0 unspecified atom stereocenters. The lowest BCUT2D eigenvalue weighted by molar-refractivity contribution is 0.102. The van der Waals surface area contributed by atoms with Gasteiger partial charge in [-0.25, -0.2) is 4.98 Å². The summed E-state index contributed by atoms with van der Waals surface area (Å²) in [6, 6.07) is 10.6. The minimum absolute atomic E-state index is 0.273. The highest BCUT2D eigenvalue weighted by Crippen LogP contribution is 2.29. The van der Waals surface area contributed by atoms with Crippen molar-refractivity contribution in [1.29, 1.82) is 0 Å². The molecule has 0 bridgehead atoms. The monoisotopic (exact) mass is 308 g/mol. The zero-order valence-corrected chi connectivity index (χ0v) is 12.7. The topological polar surface area (TPSA) is 64.4 Å². The number of hydrogen-bond donors (Lipinski definition) is 1. The average Bonchev–Trinajstić information content (AvgIpc) is 3.01. The van der Waals surface area contributed by atoms with Gasteiger partial charge in [0.05, 0.1) is 11.6 Å². The smallest absolute Gasteiger partial charge is 0.257 e. The second kappa shape index (κ2) is 6.36. The molecule has 23 heavy (non-hydrogen) atoms. The molecule has 5 nitrogen and oxygen atoms in total. The van der Waals surface area contributed by atoms with E-state index in [9.17, 15) is 4.79 Å². The standard InChI is InChI=1S/C18H16N2O3/c1-3-8-22-15-10-13(11-16-14(15)7-9-23-16)18(21)20-17-6-4-5-12(2)19-17/h3-7,9-11H,1,8H2,2H3,(H,19,20,21). The first-order chi connectivity index (χ1) is 11.2. The number of furan rings is 1. The van der Waals surface area contributed by atoms with Crippen molar-refractivity contribution in [1.82, 2.24) is 4.98 Å². The molecule has 2 heterocycles. The van der Waals surface area contributed by atoms with Gasteiger partial charge in [-0.1, -0.05) is 18.7 Å². The van der Waals surface area contributed by atoms with E-state index in [1.807, 2.05) is 19.1 Å². The summed E-state index contributed by atoms with van der Waals surface area (Å²) in [5.41, 5.74) is 1.86. The summed E-state index contributed by atoms with van der Waals surface area (Å²) in [5, 5.41) is 3.59. The molecule has 1 aromatic carbocycles. The van der Waals surface area contributed by atoms with E-state index in [0.29, 0.717) is 29.3 Å². The predicted octanol–water partition coefficient (Wildman–Crippen LogP) is 3.95. The Morgan fingerprint density at radius 1 is 1.39 bits per heavy atom. The largest absolute Gasteiger partial charge is 0.489 e. The van der Waals surface area contributed by atoms with E-state index in [0.717, 1.165) is 11.1 Å². The fourth-order valence-corrected chi connectivity index (χ4v) is 2.24. The van der Waals surface area contributed by atoms with Crippen molar-refractivity contribution in [2.45, 2.75) is 6.92 Å². The second-order valence-corrected chi connectivity index (χ2v) is 5.02. The first-order valence-corrected chi connectivity index (χ1v) is 7.17. The van der Waals surface area contributed by atoms with Gasteiger partial charge >= 0.3 is 0 Å². The molecule has 116 valence electrons. The lowest BCUT2D eigenvalue weighted by atomic mass is 10.1. The van der Waals surface area contributed by atoms with Crippen molar-refractivity contribution in [3.63, 3.8) is 0 Å². The highest BCUT2D eigenvalue weighted by molar-refractivity contribution is 6.06. The number of rotatable bonds is 5. The van der Waals surface area contributed by atoms with Gasteiger partial charge in [0.1, 0.15) is 23.8 Å². The van der Waals surface area contributed by atoms with Crippen LogP contribution in [-0.4, -0.2) is 17.5 Å². The van der Waals surface area contributed by atoms with Crippen LogP contribution in [0.2, 0.25) is 0 Å². The zero-order chi connectivity index (χ0) is 16.2. The highest BCUT2D eigenvalue weighted by Gasteiger charge is 2.13. The van der Waals surface area contributed by atoms with Gasteiger partial charge in [0.25, 0.3) is 5.91 Å². The van der Waals surface area contributed by atoms with E-state index in [1.165, 1.54) is 0 Å². The number of benzene rings is 1. The number of anilines is 1. The predicted molar refractivity (Wildman–Crippen MR) is 88.8 cm³/mol. The minimum atomic E-state index is -0.273. The molecule has 0 aliphatic heterocycles. The molecule has 0 saturated carbocycles. The van der Waals surface area contributed by atoms with Gasteiger partial charge in [-0.05, 0) is 37.3 Å². The van der Waals surface area contributed by atoms with Gasteiger partial charge in [0.15, 0.2) is 0 Å². The van der Waals surface area contributed by atoms with E-state index in [4.69, 9.17) is 9.15 Å². The Kier molecular flexibility index (Phi) is 4.10. The second-order valence-electron chi connectivity index (χ2n) is 5.02. The fourth-order valence-electron chi connectivity index (χ4n) is 2.24. The normalized spacial score (nSPS) is 10.5. The Hall–Kier alpha value is -3.08. The molecule has 0 atom stereocenters. The van der Waals surface area contributed by atoms with Crippen LogP contribution < -0.4 is 10.1 Å². The molecule has 0 spiro atoms. The van der Waals surface area contributed by atoms with E-state index >= 15 is 0 Å². The Balaban J connectivity index is 1.92. The van der Waals surface area contributed by atoms with Crippen molar-refractivity contribution in [3.8, 4) is 5.75 Å². The van der Waals surface area contributed by atoms with E-state index in [-0.39, 0.29) is 5.91 Å². The van der Waals surface area contributed by atoms with Crippen molar-refractivity contribution in [2.24, 2.45) is 0 Å². The minimum Gasteiger partial charge on any atom is -0.489 e. The average molecular weight is 308 g/mol. The number of amides is 1. The summed E-state index contributed by atoms with van der Waals surface area (Å²) < 4.78 is 11.0. The van der Waals surface area contributed by atoms with Crippen LogP contribution in [0.15, 0.2) is 59.7 Å². The molecule has 2 aromatic heterocycles. The van der Waals surface area contributed by atoms with Crippen molar-refractivity contribution in [2.75, 3.05) is 11.9 Å². The summed E-state index contributed by atoms with van der Waals surface area (Å²) >= 11 is 0. The molecule has 0 aliphatic carbocycles. The van der Waals surface area contributed by atoms with Gasteiger partial charge in [-0.3, -0.25) is 4.79 Å². The van der Waals surface area contributed by atoms with Gasteiger partial charge in [0.2, 0.25) is 0 Å². The van der Waals surface area contributed by atoms with Crippen LogP contribution in [-0.2, 0) is 0 Å². The number of hydrogen-bond acceptors (Lipinski definition) is 4. The van der Waals surface area contributed by atoms with Crippen molar-refractivity contribution in [3.05, 3.63) is 66.6 Å². The Morgan fingerprint density at radius 3 is 3.04 bits per heavy atom. The maximum Gasteiger partial charge on any atom is 0.257 e. The van der Waals surface area contributed by atoms with Crippen LogP contribution in [0.5, 0.6) is 5.75 Å². The summed E-state index contributed by atoms with van der Waals surface area (Å²) in [7, 11) is 0. The third-order valence-electron chi connectivity index (χ3n) is 3.28. The quantitative estimate of drug-likeness (QED) is 0.725. The molecule has 0 saturated heterocycles. The van der Waals surface area contributed by atoms with Crippen molar-refractivity contribution < 1.29 is 13.9 Å². The van der Waals surface area contributed by atoms with Gasteiger partial charge < -0.3 is 14.5 Å². The number of nitrogens with zero attached hydrogens (tertiary/aromatic N) is 1. The number of ether oxygens (including phenoxy) is 1. The fraction of sp³-hybridized carbons (Fsp3) is 0.111. The molecule has 3 rings (SSSR count). The third-order valence-corrected chi connectivity index (χ3v) is 3.28. The Labute approximate surface area is 133 Å².